The summed E-state index contributed by atoms with van der Waals surface area (Å²) < 4.78 is 24.9. The molecule has 0 saturated heterocycles. The zero-order valence-corrected chi connectivity index (χ0v) is 15.4. The highest BCUT2D eigenvalue weighted by Gasteiger charge is 2.30. The SMILES string of the molecule is COc1ccc(C2=CC=NC3=CCN(c4ccc(C)c(F)c4)N32)cc1OC. The lowest BCUT2D eigenvalue weighted by Crippen LogP contribution is -2.37. The summed E-state index contributed by atoms with van der Waals surface area (Å²) in [7, 11) is 3.22. The number of methoxy groups -OCH3 is 2. The number of allylic oxidation sites excluding steroid dienone is 1. The summed E-state index contributed by atoms with van der Waals surface area (Å²) in [4.78, 5) is 4.45. The molecule has 0 N–H and O–H groups in total. The Labute approximate surface area is 157 Å². The molecule has 27 heavy (non-hydrogen) atoms. The van der Waals surface area contributed by atoms with Gasteiger partial charge in [0.2, 0.25) is 0 Å². The van der Waals surface area contributed by atoms with Crippen LogP contribution < -0.4 is 14.5 Å². The number of aryl methyl sites for hydroxylation is 1. The number of hydrogen-bond donors (Lipinski definition) is 0. The van der Waals surface area contributed by atoms with Crippen LogP contribution in [-0.4, -0.2) is 32.0 Å². The summed E-state index contributed by atoms with van der Waals surface area (Å²) in [5.74, 6) is 1.90. The first-order valence-electron chi connectivity index (χ1n) is 8.63. The topological polar surface area (TPSA) is 37.3 Å². The highest BCUT2D eigenvalue weighted by atomic mass is 19.1. The van der Waals surface area contributed by atoms with E-state index in [1.807, 2.05) is 46.4 Å². The second-order valence-corrected chi connectivity index (χ2v) is 6.29. The van der Waals surface area contributed by atoms with Crippen molar-refractivity contribution in [2.75, 3.05) is 25.8 Å². The van der Waals surface area contributed by atoms with E-state index in [2.05, 4.69) is 4.99 Å². The second-order valence-electron chi connectivity index (χ2n) is 6.29. The van der Waals surface area contributed by atoms with Gasteiger partial charge in [-0.25, -0.2) is 14.4 Å². The van der Waals surface area contributed by atoms with Gasteiger partial charge in [0, 0.05) is 11.8 Å². The Hall–Kier alpha value is -3.28. The number of anilines is 1. The predicted octanol–water partition coefficient (Wildman–Crippen LogP) is 4.16. The maximum Gasteiger partial charge on any atom is 0.161 e. The van der Waals surface area contributed by atoms with Crippen LogP contribution in [-0.2, 0) is 0 Å². The van der Waals surface area contributed by atoms with Gasteiger partial charge in [0.05, 0.1) is 32.1 Å². The van der Waals surface area contributed by atoms with Crippen molar-refractivity contribution in [2.45, 2.75) is 6.92 Å². The summed E-state index contributed by atoms with van der Waals surface area (Å²) in [5, 5.41) is 3.99. The smallest absolute Gasteiger partial charge is 0.161 e. The molecule has 2 aromatic carbocycles. The fourth-order valence-electron chi connectivity index (χ4n) is 3.25. The average Bonchev–Trinajstić information content (AvgIpc) is 3.13. The number of nitrogens with zero attached hydrogens (tertiary/aromatic N) is 3. The molecule has 6 heteroatoms. The molecule has 0 spiro atoms. The lowest BCUT2D eigenvalue weighted by Gasteiger charge is -2.35. The van der Waals surface area contributed by atoms with Gasteiger partial charge in [0.25, 0.3) is 0 Å². The maximum atomic E-state index is 14.1. The third-order valence-corrected chi connectivity index (χ3v) is 4.71. The van der Waals surface area contributed by atoms with E-state index in [1.54, 1.807) is 39.5 Å². The number of hydrogen-bond acceptors (Lipinski definition) is 5. The van der Waals surface area contributed by atoms with Gasteiger partial charge in [-0.15, -0.1) is 0 Å². The molecule has 0 atom stereocenters. The van der Waals surface area contributed by atoms with Crippen LogP contribution in [0.5, 0.6) is 11.5 Å². The zero-order chi connectivity index (χ0) is 19.0. The molecule has 0 bridgehead atoms. The fourth-order valence-corrected chi connectivity index (χ4v) is 3.25. The van der Waals surface area contributed by atoms with Crippen LogP contribution in [0.1, 0.15) is 11.1 Å². The lowest BCUT2D eigenvalue weighted by molar-refractivity contribution is 0.354. The number of aliphatic imine (C=N–C) groups is 1. The first-order chi connectivity index (χ1) is 13.1. The Morgan fingerprint density at radius 2 is 1.85 bits per heavy atom. The van der Waals surface area contributed by atoms with Crippen molar-refractivity contribution in [2.24, 2.45) is 4.99 Å². The van der Waals surface area contributed by atoms with Crippen molar-refractivity contribution in [3.05, 3.63) is 71.3 Å². The largest absolute Gasteiger partial charge is 0.493 e. The van der Waals surface area contributed by atoms with Crippen LogP contribution in [0.15, 0.2) is 59.4 Å². The molecule has 0 aliphatic carbocycles. The third-order valence-electron chi connectivity index (χ3n) is 4.71. The molecule has 2 aliphatic rings. The highest BCUT2D eigenvalue weighted by molar-refractivity contribution is 5.88. The molecule has 0 fully saturated rings. The van der Waals surface area contributed by atoms with Gasteiger partial charge in [-0.3, -0.25) is 5.01 Å². The van der Waals surface area contributed by atoms with Crippen molar-refractivity contribution < 1.29 is 13.9 Å². The van der Waals surface area contributed by atoms with Gasteiger partial charge in [-0.05, 0) is 55.0 Å². The van der Waals surface area contributed by atoms with Gasteiger partial charge in [-0.2, -0.15) is 0 Å². The average molecular weight is 365 g/mol. The molecule has 2 aliphatic heterocycles. The van der Waals surface area contributed by atoms with Crippen LogP contribution in [0.2, 0.25) is 0 Å². The van der Waals surface area contributed by atoms with Crippen molar-refractivity contribution in [3.63, 3.8) is 0 Å². The van der Waals surface area contributed by atoms with E-state index >= 15 is 0 Å². The molecular formula is C21H20FN3O2. The molecular weight excluding hydrogens is 345 g/mol. The van der Waals surface area contributed by atoms with Gasteiger partial charge in [0.15, 0.2) is 11.5 Å². The van der Waals surface area contributed by atoms with Gasteiger partial charge >= 0.3 is 0 Å². The van der Waals surface area contributed by atoms with E-state index in [0.717, 1.165) is 22.8 Å². The Bertz CT molecular complexity index is 981. The van der Waals surface area contributed by atoms with Crippen LogP contribution in [0, 0.1) is 12.7 Å². The van der Waals surface area contributed by atoms with E-state index in [9.17, 15) is 4.39 Å². The summed E-state index contributed by atoms with van der Waals surface area (Å²) in [6.07, 6.45) is 5.72. The van der Waals surface area contributed by atoms with Gasteiger partial charge < -0.3 is 9.47 Å². The summed E-state index contributed by atoms with van der Waals surface area (Å²) >= 11 is 0. The molecule has 2 aromatic rings. The van der Waals surface area contributed by atoms with Crippen molar-refractivity contribution in [1.82, 2.24) is 5.01 Å². The Morgan fingerprint density at radius 3 is 2.59 bits per heavy atom. The Balaban J connectivity index is 1.75. The van der Waals surface area contributed by atoms with Crippen molar-refractivity contribution in [3.8, 4) is 11.5 Å². The van der Waals surface area contributed by atoms with Crippen molar-refractivity contribution in [1.29, 1.82) is 0 Å². The van der Waals surface area contributed by atoms with E-state index in [0.29, 0.717) is 23.6 Å². The zero-order valence-electron chi connectivity index (χ0n) is 15.4. The number of fused-ring (bicyclic) bond motifs is 1. The molecule has 0 unspecified atom stereocenters. The number of ether oxygens (including phenoxy) is 2. The molecule has 0 aromatic heterocycles. The van der Waals surface area contributed by atoms with Gasteiger partial charge in [0.1, 0.15) is 11.6 Å². The first-order valence-corrected chi connectivity index (χ1v) is 8.63. The quantitative estimate of drug-likeness (QED) is 0.816. The van der Waals surface area contributed by atoms with Crippen LogP contribution >= 0.6 is 0 Å². The van der Waals surface area contributed by atoms with Crippen molar-refractivity contribution >= 4 is 17.6 Å². The maximum absolute atomic E-state index is 14.1. The number of rotatable bonds is 4. The molecule has 0 radical (unpaired) electrons. The highest BCUT2D eigenvalue weighted by Crippen LogP contribution is 2.38. The monoisotopic (exact) mass is 365 g/mol. The number of benzene rings is 2. The fraction of sp³-hybridized carbons (Fsp3) is 0.190. The standard InChI is InChI=1S/C21H20FN3O2/c1-14-4-6-16(13-17(14)22)24-11-9-21-23-10-8-18(25(21)24)15-5-7-19(26-2)20(12-15)27-3/h4-10,12-13H,11H2,1-3H3. The number of halogens is 1. The minimum atomic E-state index is -0.224. The second kappa shape index (κ2) is 6.79. The minimum absolute atomic E-state index is 0.224. The summed E-state index contributed by atoms with van der Waals surface area (Å²) in [6.45, 7) is 2.37. The first kappa shape index (κ1) is 17.1. The number of hydrazine groups is 1. The Morgan fingerprint density at radius 1 is 1.04 bits per heavy atom. The van der Waals surface area contributed by atoms with E-state index in [-0.39, 0.29) is 5.82 Å². The third kappa shape index (κ3) is 2.93. The summed E-state index contributed by atoms with van der Waals surface area (Å²) in [5.41, 5.74) is 3.27. The predicted molar refractivity (Wildman–Crippen MR) is 104 cm³/mol. The minimum Gasteiger partial charge on any atom is -0.493 e. The molecule has 5 nitrogen and oxygen atoms in total. The van der Waals surface area contributed by atoms with E-state index < -0.39 is 0 Å². The normalized spacial score (nSPS) is 15.4. The molecule has 138 valence electrons. The molecule has 2 heterocycles. The molecule has 4 rings (SSSR count). The van der Waals surface area contributed by atoms with Crippen LogP contribution in [0.25, 0.3) is 5.70 Å². The van der Waals surface area contributed by atoms with Crippen LogP contribution in [0.4, 0.5) is 10.1 Å². The molecule has 0 amide bonds. The lowest BCUT2D eigenvalue weighted by atomic mass is 10.1. The van der Waals surface area contributed by atoms with E-state index in [1.165, 1.54) is 0 Å². The van der Waals surface area contributed by atoms with Crippen LogP contribution in [0.3, 0.4) is 0 Å². The molecule has 0 saturated carbocycles. The van der Waals surface area contributed by atoms with E-state index in [4.69, 9.17) is 9.47 Å². The van der Waals surface area contributed by atoms with Gasteiger partial charge in [-0.1, -0.05) is 6.07 Å². The Kier molecular flexibility index (Phi) is 4.32. The summed E-state index contributed by atoms with van der Waals surface area (Å²) in [6, 6.07) is 11.0.